The first kappa shape index (κ1) is 23.2. The number of carbonyl (C=O) groups is 1. The molecule has 1 amide bonds. The number of hydrogen-bond acceptors (Lipinski definition) is 5. The number of aryl methyl sites for hydroxylation is 3. The zero-order valence-corrected chi connectivity index (χ0v) is 19.0. The molecule has 0 saturated carbocycles. The number of likely N-dealkylation sites (tertiary alicyclic amines) is 1. The van der Waals surface area contributed by atoms with Crippen molar-refractivity contribution >= 4 is 18.3 Å². The Balaban J connectivity index is 0.00000272. The van der Waals surface area contributed by atoms with E-state index in [1.165, 1.54) is 0 Å². The number of amides is 1. The van der Waals surface area contributed by atoms with Crippen LogP contribution in [-0.4, -0.2) is 55.3 Å². The lowest BCUT2D eigenvalue weighted by molar-refractivity contribution is 0.0779. The molecule has 1 aromatic heterocycles. The Morgan fingerprint density at radius 3 is 2.65 bits per heavy atom. The minimum atomic E-state index is -0.217. The molecule has 2 fully saturated rings. The normalized spacial score (nSPS) is 19.6. The summed E-state index contributed by atoms with van der Waals surface area (Å²) in [5.74, 6) is 1.70. The lowest BCUT2D eigenvalue weighted by Gasteiger charge is -2.19. The van der Waals surface area contributed by atoms with Gasteiger partial charge in [-0.05, 0) is 61.6 Å². The van der Waals surface area contributed by atoms with Crippen LogP contribution < -0.4 is 20.3 Å². The Morgan fingerprint density at radius 1 is 1.16 bits per heavy atom. The number of pyridine rings is 1. The Labute approximate surface area is 188 Å². The highest BCUT2D eigenvalue weighted by Crippen LogP contribution is 2.28. The summed E-state index contributed by atoms with van der Waals surface area (Å²) in [5.41, 5.74) is 1.85. The molecule has 4 rings (SSSR count). The van der Waals surface area contributed by atoms with E-state index < -0.39 is 0 Å². The van der Waals surface area contributed by atoms with Gasteiger partial charge in [-0.25, -0.2) is 0 Å². The SMILES string of the molecule is COc1ccc(CCn2ccc(C)c(C(=O)N3C[C@@H]4CCN[C@@H]4C3)c2=O)cc1OC.Cl. The van der Waals surface area contributed by atoms with Crippen LogP contribution in [0.5, 0.6) is 11.5 Å². The third-order valence-electron chi connectivity index (χ3n) is 6.33. The molecular formula is C23H30ClN3O4. The molecule has 1 aromatic carbocycles. The molecular weight excluding hydrogens is 418 g/mol. The monoisotopic (exact) mass is 447 g/mol. The molecule has 0 bridgehead atoms. The molecule has 0 unspecified atom stereocenters. The number of rotatable bonds is 6. The van der Waals surface area contributed by atoms with Gasteiger partial charge in [-0.3, -0.25) is 9.59 Å². The number of nitrogens with zero attached hydrogens (tertiary/aromatic N) is 2. The first-order chi connectivity index (χ1) is 14.5. The minimum Gasteiger partial charge on any atom is -0.493 e. The van der Waals surface area contributed by atoms with Gasteiger partial charge in [-0.15, -0.1) is 12.4 Å². The van der Waals surface area contributed by atoms with Crippen molar-refractivity contribution in [2.75, 3.05) is 33.9 Å². The van der Waals surface area contributed by atoms with Crippen molar-refractivity contribution in [3.05, 3.63) is 57.5 Å². The Bertz CT molecular complexity index is 995. The van der Waals surface area contributed by atoms with Crippen molar-refractivity contribution in [3.8, 4) is 11.5 Å². The number of hydrogen-bond donors (Lipinski definition) is 1. The first-order valence-corrected chi connectivity index (χ1v) is 10.5. The van der Waals surface area contributed by atoms with Gasteiger partial charge >= 0.3 is 0 Å². The molecule has 3 heterocycles. The van der Waals surface area contributed by atoms with Gasteiger partial charge in [0, 0.05) is 31.9 Å². The second kappa shape index (κ2) is 9.75. The average molecular weight is 448 g/mol. The van der Waals surface area contributed by atoms with E-state index in [1.54, 1.807) is 25.0 Å². The summed E-state index contributed by atoms with van der Waals surface area (Å²) in [7, 11) is 3.21. The zero-order valence-electron chi connectivity index (χ0n) is 18.2. The molecule has 2 atom stereocenters. The average Bonchev–Trinajstić information content (AvgIpc) is 3.35. The van der Waals surface area contributed by atoms with Crippen LogP contribution in [0.2, 0.25) is 0 Å². The fourth-order valence-corrected chi connectivity index (χ4v) is 4.56. The van der Waals surface area contributed by atoms with E-state index in [-0.39, 0.29) is 23.9 Å². The lowest BCUT2D eigenvalue weighted by Crippen LogP contribution is -2.38. The van der Waals surface area contributed by atoms with Gasteiger partial charge in [0.05, 0.1) is 14.2 Å². The molecule has 31 heavy (non-hydrogen) atoms. The maximum atomic E-state index is 13.2. The summed E-state index contributed by atoms with van der Waals surface area (Å²) < 4.78 is 12.3. The van der Waals surface area contributed by atoms with E-state index in [2.05, 4.69) is 5.32 Å². The molecule has 2 aliphatic heterocycles. The Kier molecular flexibility index (Phi) is 7.28. The number of nitrogens with one attached hydrogen (secondary N) is 1. The van der Waals surface area contributed by atoms with Gasteiger partial charge in [-0.2, -0.15) is 0 Å². The van der Waals surface area contributed by atoms with Crippen molar-refractivity contribution < 1.29 is 14.3 Å². The van der Waals surface area contributed by atoms with Crippen molar-refractivity contribution in [3.63, 3.8) is 0 Å². The number of methoxy groups -OCH3 is 2. The predicted molar refractivity (Wildman–Crippen MR) is 122 cm³/mol. The van der Waals surface area contributed by atoms with E-state index in [0.29, 0.717) is 48.5 Å². The van der Waals surface area contributed by atoms with Crippen LogP contribution in [0, 0.1) is 12.8 Å². The summed E-state index contributed by atoms with van der Waals surface area (Å²) in [5, 5.41) is 3.46. The predicted octanol–water partition coefficient (Wildman–Crippen LogP) is 2.27. The van der Waals surface area contributed by atoms with Gasteiger partial charge in [-0.1, -0.05) is 6.07 Å². The maximum Gasteiger partial charge on any atom is 0.263 e. The first-order valence-electron chi connectivity index (χ1n) is 10.5. The van der Waals surface area contributed by atoms with Crippen molar-refractivity contribution in [2.24, 2.45) is 5.92 Å². The molecule has 8 heteroatoms. The smallest absolute Gasteiger partial charge is 0.263 e. The van der Waals surface area contributed by atoms with Gasteiger partial charge < -0.3 is 24.3 Å². The number of ether oxygens (including phenoxy) is 2. The van der Waals surface area contributed by atoms with Crippen molar-refractivity contribution in [2.45, 2.75) is 32.4 Å². The molecule has 0 radical (unpaired) electrons. The highest BCUT2D eigenvalue weighted by molar-refractivity contribution is 5.95. The van der Waals surface area contributed by atoms with E-state index in [9.17, 15) is 9.59 Å². The number of benzene rings is 1. The van der Waals surface area contributed by atoms with E-state index in [0.717, 1.165) is 30.6 Å². The highest BCUT2D eigenvalue weighted by Gasteiger charge is 2.39. The Hall–Kier alpha value is -2.51. The third-order valence-corrected chi connectivity index (χ3v) is 6.33. The van der Waals surface area contributed by atoms with Crippen LogP contribution in [0.25, 0.3) is 0 Å². The molecule has 7 nitrogen and oxygen atoms in total. The summed E-state index contributed by atoms with van der Waals surface area (Å²) in [4.78, 5) is 28.1. The molecule has 0 spiro atoms. The molecule has 0 aliphatic carbocycles. The molecule has 2 saturated heterocycles. The van der Waals surface area contributed by atoms with Gasteiger partial charge in [0.25, 0.3) is 11.5 Å². The summed E-state index contributed by atoms with van der Waals surface area (Å²) >= 11 is 0. The summed E-state index contributed by atoms with van der Waals surface area (Å²) in [6.07, 6.45) is 3.52. The molecule has 2 aliphatic rings. The van der Waals surface area contributed by atoms with E-state index in [4.69, 9.17) is 9.47 Å². The van der Waals surface area contributed by atoms with Crippen LogP contribution in [0.3, 0.4) is 0 Å². The number of aromatic nitrogens is 1. The van der Waals surface area contributed by atoms with Gasteiger partial charge in [0.1, 0.15) is 5.56 Å². The number of fused-ring (bicyclic) bond motifs is 1. The van der Waals surface area contributed by atoms with Gasteiger partial charge in [0.2, 0.25) is 0 Å². The molecule has 1 N–H and O–H groups in total. The van der Waals surface area contributed by atoms with Crippen LogP contribution in [-0.2, 0) is 13.0 Å². The quantitative estimate of drug-likeness (QED) is 0.735. The number of halogens is 1. The number of carbonyl (C=O) groups excluding carboxylic acids is 1. The second-order valence-corrected chi connectivity index (χ2v) is 8.13. The minimum absolute atomic E-state index is 0. The van der Waals surface area contributed by atoms with E-state index in [1.807, 2.05) is 36.1 Å². The Morgan fingerprint density at radius 2 is 1.94 bits per heavy atom. The second-order valence-electron chi connectivity index (χ2n) is 8.13. The highest BCUT2D eigenvalue weighted by atomic mass is 35.5. The largest absolute Gasteiger partial charge is 0.493 e. The summed E-state index contributed by atoms with van der Waals surface area (Å²) in [6, 6.07) is 7.96. The fraction of sp³-hybridized carbons (Fsp3) is 0.478. The van der Waals surface area contributed by atoms with Crippen molar-refractivity contribution in [1.82, 2.24) is 14.8 Å². The van der Waals surface area contributed by atoms with Crippen LogP contribution in [0.1, 0.15) is 27.9 Å². The standard InChI is InChI=1S/C23H29N3O4.ClH/c1-15-7-10-25(11-8-16-4-5-19(29-2)20(12-16)30-3)22(27)21(15)23(28)26-13-17-6-9-24-18(17)14-26;/h4-5,7,10,12,17-18,24H,6,8-9,11,13-14H2,1-3H3;1H/t17-,18+;/m0./s1. The lowest BCUT2D eigenvalue weighted by atomic mass is 10.1. The third kappa shape index (κ3) is 4.57. The summed E-state index contributed by atoms with van der Waals surface area (Å²) in [6.45, 7) is 4.76. The van der Waals surface area contributed by atoms with Crippen LogP contribution >= 0.6 is 12.4 Å². The van der Waals surface area contributed by atoms with Crippen molar-refractivity contribution in [1.29, 1.82) is 0 Å². The van der Waals surface area contributed by atoms with Crippen LogP contribution in [0.4, 0.5) is 0 Å². The van der Waals surface area contributed by atoms with Gasteiger partial charge in [0.15, 0.2) is 11.5 Å². The zero-order chi connectivity index (χ0) is 21.3. The van der Waals surface area contributed by atoms with E-state index >= 15 is 0 Å². The molecule has 2 aromatic rings. The fourth-order valence-electron chi connectivity index (χ4n) is 4.56. The maximum absolute atomic E-state index is 13.2. The van der Waals surface area contributed by atoms with Crippen LogP contribution in [0.15, 0.2) is 35.3 Å². The molecule has 168 valence electrons. The topological polar surface area (TPSA) is 72.8 Å².